The summed E-state index contributed by atoms with van der Waals surface area (Å²) in [4.78, 5) is 23.0. The minimum Gasteiger partial charge on any atom is -0.469 e. The van der Waals surface area contributed by atoms with Crippen molar-refractivity contribution < 1.29 is 29.3 Å². The van der Waals surface area contributed by atoms with Gasteiger partial charge in [0.25, 0.3) is 0 Å². The van der Waals surface area contributed by atoms with E-state index in [4.69, 9.17) is 21.1 Å². The van der Waals surface area contributed by atoms with Crippen LogP contribution in [0.4, 0.5) is 4.79 Å². The van der Waals surface area contributed by atoms with Crippen LogP contribution in [0.1, 0.15) is 78.6 Å². The number of carbonyl (C=O) groups is 2. The quantitative estimate of drug-likeness (QED) is 0.425. The highest BCUT2D eigenvalue weighted by Gasteiger charge is 2.65. The van der Waals surface area contributed by atoms with Gasteiger partial charge in [-0.15, -0.1) is 0 Å². The summed E-state index contributed by atoms with van der Waals surface area (Å²) in [7, 11) is 1.43. The van der Waals surface area contributed by atoms with Crippen molar-refractivity contribution in [1.29, 1.82) is 0 Å². The van der Waals surface area contributed by atoms with Crippen molar-refractivity contribution >= 4 is 23.0 Å². The number of aliphatic hydroxyl groups excluding tert-OH is 2. The molecule has 2 N–H and O–H groups in total. The average Bonchev–Trinajstić information content (AvgIpc) is 3.11. The molecule has 0 amide bonds. The van der Waals surface area contributed by atoms with Crippen molar-refractivity contribution in [1.82, 2.24) is 0 Å². The van der Waals surface area contributed by atoms with E-state index in [0.29, 0.717) is 24.7 Å². The Bertz CT molecular complexity index is 759. The summed E-state index contributed by atoms with van der Waals surface area (Å²) in [6.45, 7) is 6.78. The number of methoxy groups -OCH3 is 1. The second-order valence-electron chi connectivity index (χ2n) is 11.9. The maximum Gasteiger partial charge on any atom is 0.404 e. The van der Waals surface area contributed by atoms with E-state index in [0.717, 1.165) is 44.9 Å². The Hall–Kier alpha value is -0.850. The third-order valence-electron chi connectivity index (χ3n) is 10.8. The predicted octanol–water partition coefficient (Wildman–Crippen LogP) is 4.92. The molecule has 7 heteroatoms. The zero-order valence-corrected chi connectivity index (χ0v) is 21.2. The van der Waals surface area contributed by atoms with Crippen molar-refractivity contribution in [3.05, 3.63) is 0 Å². The minimum atomic E-state index is -0.750. The molecular weight excluding hydrogens is 444 g/mol. The van der Waals surface area contributed by atoms with E-state index in [9.17, 15) is 19.8 Å². The number of hydrogen-bond acceptors (Lipinski definition) is 6. The highest BCUT2D eigenvalue weighted by Crippen LogP contribution is 2.68. The van der Waals surface area contributed by atoms with Crippen LogP contribution in [0.3, 0.4) is 0 Å². The molecule has 4 fully saturated rings. The fraction of sp³-hybridized carbons (Fsp3) is 0.923. The summed E-state index contributed by atoms with van der Waals surface area (Å²) >= 11 is 5.47. The molecule has 0 aromatic carbocycles. The van der Waals surface area contributed by atoms with Gasteiger partial charge in [-0.3, -0.25) is 4.79 Å². The number of fused-ring (bicyclic) bond motifs is 5. The molecule has 4 aliphatic rings. The van der Waals surface area contributed by atoms with E-state index < -0.39 is 17.6 Å². The molecule has 0 aromatic rings. The fourth-order valence-corrected chi connectivity index (χ4v) is 9.13. The summed E-state index contributed by atoms with van der Waals surface area (Å²) < 4.78 is 10.1. The number of hydrogen-bond donors (Lipinski definition) is 2. The van der Waals surface area contributed by atoms with Crippen LogP contribution in [0.2, 0.25) is 0 Å². The molecule has 4 rings (SSSR count). The van der Waals surface area contributed by atoms with Crippen LogP contribution in [0.5, 0.6) is 0 Å². The summed E-state index contributed by atoms with van der Waals surface area (Å²) in [6, 6.07) is 0. The molecule has 6 nitrogen and oxygen atoms in total. The summed E-state index contributed by atoms with van der Waals surface area (Å²) in [5, 5.41) is 23.1. The topological polar surface area (TPSA) is 93.1 Å². The van der Waals surface area contributed by atoms with Crippen LogP contribution in [0.15, 0.2) is 0 Å². The van der Waals surface area contributed by atoms with Crippen LogP contribution in [0.25, 0.3) is 0 Å². The molecule has 188 valence electrons. The van der Waals surface area contributed by atoms with Gasteiger partial charge in [-0.1, -0.05) is 20.8 Å². The van der Waals surface area contributed by atoms with Crippen molar-refractivity contribution in [2.24, 2.45) is 46.3 Å². The van der Waals surface area contributed by atoms with Crippen molar-refractivity contribution in [2.75, 3.05) is 7.11 Å². The molecule has 11 atom stereocenters. The van der Waals surface area contributed by atoms with Gasteiger partial charge >= 0.3 is 11.4 Å². The van der Waals surface area contributed by atoms with Gasteiger partial charge in [0, 0.05) is 18.0 Å². The molecular formula is C26H41ClO6. The van der Waals surface area contributed by atoms with Crippen LogP contribution in [0, 0.1) is 46.3 Å². The highest BCUT2D eigenvalue weighted by atomic mass is 35.5. The van der Waals surface area contributed by atoms with Crippen LogP contribution in [-0.4, -0.2) is 47.0 Å². The smallest absolute Gasteiger partial charge is 0.404 e. The fourth-order valence-electron chi connectivity index (χ4n) is 9.00. The van der Waals surface area contributed by atoms with Gasteiger partial charge in [0.1, 0.15) is 6.10 Å². The lowest BCUT2D eigenvalue weighted by Crippen LogP contribution is -2.62. The Morgan fingerprint density at radius 1 is 1.09 bits per heavy atom. The summed E-state index contributed by atoms with van der Waals surface area (Å²) in [5.41, 5.74) is -0.970. The van der Waals surface area contributed by atoms with Crippen molar-refractivity contribution in [3.8, 4) is 0 Å². The molecule has 0 spiro atoms. The lowest BCUT2D eigenvalue weighted by Gasteiger charge is -2.63. The molecule has 4 aliphatic carbocycles. The van der Waals surface area contributed by atoms with Gasteiger partial charge in [0.15, 0.2) is 0 Å². The molecule has 4 saturated carbocycles. The van der Waals surface area contributed by atoms with Gasteiger partial charge in [0.05, 0.1) is 19.3 Å². The van der Waals surface area contributed by atoms with Gasteiger partial charge in [-0.25, -0.2) is 4.79 Å². The Labute approximate surface area is 202 Å². The zero-order valence-electron chi connectivity index (χ0n) is 20.5. The lowest BCUT2D eigenvalue weighted by atomic mass is 9.43. The minimum absolute atomic E-state index is 0.0238. The van der Waals surface area contributed by atoms with E-state index in [1.54, 1.807) is 0 Å². The number of rotatable bonds is 5. The third-order valence-corrected chi connectivity index (χ3v) is 10.9. The van der Waals surface area contributed by atoms with Crippen molar-refractivity contribution in [2.45, 2.75) is 96.9 Å². The maximum absolute atomic E-state index is 11.7. The van der Waals surface area contributed by atoms with Crippen LogP contribution < -0.4 is 0 Å². The SMILES string of the molecule is COC(=O)CC[C@@H](C)[C@H]1CC[C@H]2[C@@H]3[C@H](O)C[C@H]4C[C@H](OC(=O)Cl)CC[C@]4(C)[C@H]3C[C@H](O)[C@]12C. The Balaban J connectivity index is 1.54. The largest absolute Gasteiger partial charge is 0.469 e. The molecule has 0 saturated heterocycles. The number of halogens is 1. The second-order valence-corrected chi connectivity index (χ2v) is 12.3. The summed E-state index contributed by atoms with van der Waals surface area (Å²) in [6.07, 6.45) is 6.11. The van der Waals surface area contributed by atoms with E-state index >= 15 is 0 Å². The lowest BCUT2D eigenvalue weighted by molar-refractivity contribution is -0.206. The van der Waals surface area contributed by atoms with E-state index in [1.165, 1.54) is 7.11 Å². The average molecular weight is 485 g/mol. The van der Waals surface area contributed by atoms with Gasteiger partial charge in [0.2, 0.25) is 0 Å². The Morgan fingerprint density at radius 3 is 2.48 bits per heavy atom. The molecule has 0 radical (unpaired) electrons. The Kier molecular flexibility index (Phi) is 7.12. The van der Waals surface area contributed by atoms with Gasteiger partial charge in [-0.05, 0) is 97.7 Å². The standard InChI is InChI=1S/C26H41ClO6/c1-14(5-8-22(30)32-4)17-6-7-18-23-19(13-21(29)26(17,18)3)25(2)10-9-16(33-24(27)31)11-15(25)12-20(23)28/h14-21,23,28-29H,5-13H2,1-4H3/t14-,15-,16-,17-,18+,19+,20-,21+,23+,25+,26-/m1/s1. The van der Waals surface area contributed by atoms with E-state index in [1.807, 2.05) is 0 Å². The number of ether oxygens (including phenoxy) is 2. The van der Waals surface area contributed by atoms with Gasteiger partial charge < -0.3 is 19.7 Å². The van der Waals surface area contributed by atoms with Crippen molar-refractivity contribution in [3.63, 3.8) is 0 Å². The van der Waals surface area contributed by atoms with Crippen LogP contribution >= 0.6 is 11.6 Å². The molecule has 0 aromatic heterocycles. The molecule has 33 heavy (non-hydrogen) atoms. The molecule has 0 bridgehead atoms. The number of esters is 1. The highest BCUT2D eigenvalue weighted by molar-refractivity contribution is 6.61. The zero-order chi connectivity index (χ0) is 24.1. The first-order valence-electron chi connectivity index (χ1n) is 12.8. The summed E-state index contributed by atoms with van der Waals surface area (Å²) in [5.74, 6) is 1.46. The Morgan fingerprint density at radius 2 is 1.82 bits per heavy atom. The maximum atomic E-state index is 11.7. The monoisotopic (exact) mass is 484 g/mol. The first-order valence-corrected chi connectivity index (χ1v) is 13.2. The number of carbonyl (C=O) groups excluding carboxylic acids is 2. The number of aliphatic hydroxyl groups is 2. The molecule has 0 unspecified atom stereocenters. The van der Waals surface area contributed by atoms with E-state index in [2.05, 4.69) is 20.8 Å². The normalized spacial score (nSPS) is 47.6. The molecule has 0 heterocycles. The molecule has 0 aliphatic heterocycles. The second kappa shape index (κ2) is 9.31. The van der Waals surface area contributed by atoms with E-state index in [-0.39, 0.29) is 46.6 Å². The van der Waals surface area contributed by atoms with Crippen LogP contribution in [-0.2, 0) is 14.3 Å². The first kappa shape index (κ1) is 25.2. The third kappa shape index (κ3) is 4.23. The van der Waals surface area contributed by atoms with Gasteiger partial charge in [-0.2, -0.15) is 0 Å². The first-order chi connectivity index (χ1) is 15.5. The predicted molar refractivity (Wildman–Crippen MR) is 125 cm³/mol.